The number of oxazole rings is 1. The molecule has 0 saturated heterocycles. The quantitative estimate of drug-likeness (QED) is 0.860. The van der Waals surface area contributed by atoms with Gasteiger partial charge in [0.1, 0.15) is 5.82 Å². The van der Waals surface area contributed by atoms with Crippen LogP contribution in [0.3, 0.4) is 0 Å². The summed E-state index contributed by atoms with van der Waals surface area (Å²) in [5, 5.41) is 3.20. The standard InChI is InChI=1S/C13H14BrFN2O/c1-2-16-6-5-13-17-8-12(18-13)10-7-9(15)3-4-11(10)14/h3-4,7-8,16H,2,5-6H2,1H3. The van der Waals surface area contributed by atoms with Gasteiger partial charge in [-0.15, -0.1) is 0 Å². The molecule has 0 spiro atoms. The highest BCUT2D eigenvalue weighted by molar-refractivity contribution is 9.10. The zero-order valence-electron chi connectivity index (χ0n) is 10.0. The number of benzene rings is 1. The van der Waals surface area contributed by atoms with Crippen molar-refractivity contribution in [2.45, 2.75) is 13.3 Å². The lowest BCUT2D eigenvalue weighted by atomic mass is 10.2. The van der Waals surface area contributed by atoms with Crippen LogP contribution in [0.2, 0.25) is 0 Å². The predicted octanol–water partition coefficient (Wildman–Crippen LogP) is 3.40. The van der Waals surface area contributed by atoms with Gasteiger partial charge in [-0.05, 0) is 24.7 Å². The molecule has 0 aliphatic rings. The maximum absolute atomic E-state index is 13.2. The van der Waals surface area contributed by atoms with Crippen LogP contribution >= 0.6 is 15.9 Å². The van der Waals surface area contributed by atoms with Gasteiger partial charge in [0.05, 0.1) is 6.20 Å². The smallest absolute Gasteiger partial charge is 0.196 e. The Bertz CT molecular complexity index is 527. The lowest BCUT2D eigenvalue weighted by Gasteiger charge is -2.00. The largest absolute Gasteiger partial charge is 0.441 e. The monoisotopic (exact) mass is 312 g/mol. The molecule has 0 bridgehead atoms. The first-order chi connectivity index (χ1) is 8.70. The first kappa shape index (κ1) is 13.2. The summed E-state index contributed by atoms with van der Waals surface area (Å²) < 4.78 is 19.6. The molecule has 2 aromatic rings. The molecular formula is C13H14BrFN2O. The minimum atomic E-state index is -0.293. The molecule has 5 heteroatoms. The Morgan fingerprint density at radius 1 is 1.44 bits per heavy atom. The van der Waals surface area contributed by atoms with Gasteiger partial charge in [-0.1, -0.05) is 22.9 Å². The van der Waals surface area contributed by atoms with Gasteiger partial charge in [-0.3, -0.25) is 0 Å². The molecule has 3 nitrogen and oxygen atoms in total. The fourth-order valence-corrected chi connectivity index (χ4v) is 2.05. The molecular weight excluding hydrogens is 299 g/mol. The van der Waals surface area contributed by atoms with Crippen LogP contribution in [-0.2, 0) is 6.42 Å². The van der Waals surface area contributed by atoms with E-state index in [0.717, 1.165) is 24.0 Å². The van der Waals surface area contributed by atoms with E-state index in [-0.39, 0.29) is 5.82 Å². The Balaban J connectivity index is 2.16. The molecule has 1 aromatic heterocycles. The van der Waals surface area contributed by atoms with E-state index in [9.17, 15) is 4.39 Å². The highest BCUT2D eigenvalue weighted by atomic mass is 79.9. The second-order valence-corrected chi connectivity index (χ2v) is 4.70. The van der Waals surface area contributed by atoms with Gasteiger partial charge < -0.3 is 9.73 Å². The maximum Gasteiger partial charge on any atom is 0.196 e. The lowest BCUT2D eigenvalue weighted by Crippen LogP contribution is -2.16. The van der Waals surface area contributed by atoms with E-state index in [2.05, 4.69) is 26.2 Å². The van der Waals surface area contributed by atoms with Gasteiger partial charge in [0, 0.05) is 23.0 Å². The third kappa shape index (κ3) is 3.17. The number of likely N-dealkylation sites (N-methyl/N-ethyl adjacent to an activating group) is 1. The Hall–Kier alpha value is -1.20. The van der Waals surface area contributed by atoms with Crippen molar-refractivity contribution < 1.29 is 8.81 Å². The summed E-state index contributed by atoms with van der Waals surface area (Å²) in [7, 11) is 0. The van der Waals surface area contributed by atoms with Gasteiger partial charge in [0.15, 0.2) is 11.7 Å². The van der Waals surface area contributed by atoms with E-state index >= 15 is 0 Å². The average Bonchev–Trinajstić information content (AvgIpc) is 2.81. The first-order valence-corrected chi connectivity index (χ1v) is 6.61. The molecule has 0 radical (unpaired) electrons. The second-order valence-electron chi connectivity index (χ2n) is 3.85. The topological polar surface area (TPSA) is 38.1 Å². The van der Waals surface area contributed by atoms with E-state index in [1.807, 2.05) is 6.92 Å². The van der Waals surface area contributed by atoms with Crippen molar-refractivity contribution in [2.24, 2.45) is 0 Å². The van der Waals surface area contributed by atoms with E-state index < -0.39 is 0 Å². The summed E-state index contributed by atoms with van der Waals surface area (Å²) in [6.45, 7) is 3.79. The normalized spacial score (nSPS) is 10.8. The molecule has 0 atom stereocenters. The summed E-state index contributed by atoms with van der Waals surface area (Å²) in [6.07, 6.45) is 2.35. The van der Waals surface area contributed by atoms with E-state index in [1.165, 1.54) is 12.1 Å². The summed E-state index contributed by atoms with van der Waals surface area (Å²) >= 11 is 3.37. The lowest BCUT2D eigenvalue weighted by molar-refractivity contribution is 0.496. The zero-order valence-corrected chi connectivity index (χ0v) is 11.6. The van der Waals surface area contributed by atoms with Crippen molar-refractivity contribution in [1.82, 2.24) is 10.3 Å². The van der Waals surface area contributed by atoms with Gasteiger partial charge >= 0.3 is 0 Å². The molecule has 0 aliphatic carbocycles. The van der Waals surface area contributed by atoms with Gasteiger partial charge in [-0.25, -0.2) is 9.37 Å². The minimum Gasteiger partial charge on any atom is -0.441 e. The molecule has 0 unspecified atom stereocenters. The van der Waals surface area contributed by atoms with E-state index in [4.69, 9.17) is 4.42 Å². The molecule has 18 heavy (non-hydrogen) atoms. The Labute approximate surface area is 114 Å². The minimum absolute atomic E-state index is 0.293. The molecule has 2 rings (SSSR count). The van der Waals surface area contributed by atoms with Crippen LogP contribution in [-0.4, -0.2) is 18.1 Å². The van der Waals surface area contributed by atoms with E-state index in [0.29, 0.717) is 17.2 Å². The zero-order chi connectivity index (χ0) is 13.0. The van der Waals surface area contributed by atoms with Crippen LogP contribution in [0, 0.1) is 5.82 Å². The van der Waals surface area contributed by atoms with Crippen LogP contribution in [0.4, 0.5) is 4.39 Å². The Morgan fingerprint density at radius 2 is 2.28 bits per heavy atom. The van der Waals surface area contributed by atoms with E-state index in [1.54, 1.807) is 12.3 Å². The number of rotatable bonds is 5. The number of nitrogens with zero attached hydrogens (tertiary/aromatic N) is 1. The van der Waals surface area contributed by atoms with Crippen molar-refractivity contribution in [3.05, 3.63) is 40.6 Å². The van der Waals surface area contributed by atoms with Crippen molar-refractivity contribution in [1.29, 1.82) is 0 Å². The molecule has 0 saturated carbocycles. The summed E-state index contributed by atoms with van der Waals surface area (Å²) in [5.41, 5.74) is 0.678. The van der Waals surface area contributed by atoms with Crippen molar-refractivity contribution >= 4 is 15.9 Å². The van der Waals surface area contributed by atoms with Crippen LogP contribution in [0.25, 0.3) is 11.3 Å². The SMILES string of the molecule is CCNCCc1ncc(-c2cc(F)ccc2Br)o1. The molecule has 0 aliphatic heterocycles. The fraction of sp³-hybridized carbons (Fsp3) is 0.308. The molecule has 1 aromatic carbocycles. The number of hydrogen-bond acceptors (Lipinski definition) is 3. The van der Waals surface area contributed by atoms with Crippen molar-refractivity contribution in [3.8, 4) is 11.3 Å². The molecule has 1 N–H and O–H groups in total. The predicted molar refractivity (Wildman–Crippen MR) is 71.8 cm³/mol. The molecule has 1 heterocycles. The van der Waals surface area contributed by atoms with Crippen LogP contribution in [0.5, 0.6) is 0 Å². The third-order valence-corrected chi connectivity index (χ3v) is 3.20. The summed E-state index contributed by atoms with van der Waals surface area (Å²) in [5.74, 6) is 0.939. The highest BCUT2D eigenvalue weighted by Gasteiger charge is 2.10. The number of halogens is 2. The second kappa shape index (κ2) is 6.11. The summed E-state index contributed by atoms with van der Waals surface area (Å²) in [6, 6.07) is 4.49. The van der Waals surface area contributed by atoms with Gasteiger partial charge in [0.25, 0.3) is 0 Å². The van der Waals surface area contributed by atoms with Crippen molar-refractivity contribution in [3.63, 3.8) is 0 Å². The van der Waals surface area contributed by atoms with Crippen LogP contribution < -0.4 is 5.32 Å². The summed E-state index contributed by atoms with van der Waals surface area (Å²) in [4.78, 5) is 4.19. The first-order valence-electron chi connectivity index (χ1n) is 5.81. The molecule has 0 amide bonds. The van der Waals surface area contributed by atoms with Gasteiger partial charge in [0.2, 0.25) is 0 Å². The van der Waals surface area contributed by atoms with Crippen LogP contribution in [0.15, 0.2) is 33.3 Å². The Kier molecular flexibility index (Phi) is 4.49. The fourth-order valence-electron chi connectivity index (χ4n) is 1.61. The molecule has 96 valence electrons. The Morgan fingerprint density at radius 3 is 3.06 bits per heavy atom. The van der Waals surface area contributed by atoms with Crippen LogP contribution in [0.1, 0.15) is 12.8 Å². The van der Waals surface area contributed by atoms with Crippen molar-refractivity contribution in [2.75, 3.05) is 13.1 Å². The maximum atomic E-state index is 13.2. The number of aromatic nitrogens is 1. The third-order valence-electron chi connectivity index (χ3n) is 2.51. The number of hydrogen-bond donors (Lipinski definition) is 1. The molecule has 0 fully saturated rings. The number of nitrogens with one attached hydrogen (secondary N) is 1. The van der Waals surface area contributed by atoms with Gasteiger partial charge in [-0.2, -0.15) is 0 Å². The average molecular weight is 313 g/mol. The highest BCUT2D eigenvalue weighted by Crippen LogP contribution is 2.29.